The van der Waals surface area contributed by atoms with E-state index in [9.17, 15) is 9.50 Å². The van der Waals surface area contributed by atoms with Gasteiger partial charge >= 0.3 is 0 Å². The lowest BCUT2D eigenvalue weighted by atomic mass is 10.1. The molecule has 0 saturated heterocycles. The monoisotopic (exact) mass is 270 g/mol. The quantitative estimate of drug-likeness (QED) is 0.795. The Morgan fingerprint density at radius 3 is 2.40 bits per heavy atom. The SMILES string of the molecule is OC(c1ccccc1)c1nc(-c2ccc(F)cc2)no1. The van der Waals surface area contributed by atoms with Crippen LogP contribution in [0.5, 0.6) is 0 Å². The second kappa shape index (κ2) is 5.22. The summed E-state index contributed by atoms with van der Waals surface area (Å²) in [4.78, 5) is 4.14. The molecule has 1 aromatic heterocycles. The fourth-order valence-electron chi connectivity index (χ4n) is 1.84. The lowest BCUT2D eigenvalue weighted by Crippen LogP contribution is -1.99. The van der Waals surface area contributed by atoms with Gasteiger partial charge in [0, 0.05) is 5.56 Å². The highest BCUT2D eigenvalue weighted by Gasteiger charge is 2.18. The molecule has 5 heteroatoms. The number of benzene rings is 2. The van der Waals surface area contributed by atoms with Crippen molar-refractivity contribution < 1.29 is 14.0 Å². The summed E-state index contributed by atoms with van der Waals surface area (Å²) in [6, 6.07) is 14.8. The van der Waals surface area contributed by atoms with E-state index in [-0.39, 0.29) is 11.7 Å². The predicted octanol–water partition coefficient (Wildman–Crippen LogP) is 2.96. The zero-order chi connectivity index (χ0) is 13.9. The van der Waals surface area contributed by atoms with E-state index in [1.54, 1.807) is 24.3 Å². The third-order valence-corrected chi connectivity index (χ3v) is 2.89. The second-order valence-corrected chi connectivity index (χ2v) is 4.28. The van der Waals surface area contributed by atoms with Crippen LogP contribution in [0, 0.1) is 5.82 Å². The molecule has 0 aliphatic rings. The Labute approximate surface area is 114 Å². The first-order valence-corrected chi connectivity index (χ1v) is 6.06. The van der Waals surface area contributed by atoms with Gasteiger partial charge in [-0.3, -0.25) is 0 Å². The van der Waals surface area contributed by atoms with Crippen molar-refractivity contribution >= 4 is 0 Å². The molecule has 2 aromatic carbocycles. The number of aliphatic hydroxyl groups excluding tert-OH is 1. The van der Waals surface area contributed by atoms with Crippen LogP contribution < -0.4 is 0 Å². The van der Waals surface area contributed by atoms with Gasteiger partial charge in [-0.15, -0.1) is 0 Å². The third-order valence-electron chi connectivity index (χ3n) is 2.89. The van der Waals surface area contributed by atoms with Crippen LogP contribution in [-0.2, 0) is 0 Å². The molecule has 0 amide bonds. The summed E-state index contributed by atoms with van der Waals surface area (Å²) in [5.41, 5.74) is 1.29. The van der Waals surface area contributed by atoms with Gasteiger partial charge < -0.3 is 9.63 Å². The highest BCUT2D eigenvalue weighted by atomic mass is 19.1. The van der Waals surface area contributed by atoms with Gasteiger partial charge in [-0.2, -0.15) is 4.98 Å². The summed E-state index contributed by atoms with van der Waals surface area (Å²) < 4.78 is 17.9. The van der Waals surface area contributed by atoms with Gasteiger partial charge in [0.25, 0.3) is 5.89 Å². The number of nitrogens with zero attached hydrogens (tertiary/aromatic N) is 2. The molecule has 4 nitrogen and oxygen atoms in total. The Hall–Kier alpha value is -2.53. The molecule has 3 rings (SSSR count). The highest BCUT2D eigenvalue weighted by Crippen LogP contribution is 2.23. The highest BCUT2D eigenvalue weighted by molar-refractivity contribution is 5.53. The molecule has 1 heterocycles. The largest absolute Gasteiger partial charge is 0.378 e. The van der Waals surface area contributed by atoms with E-state index in [2.05, 4.69) is 10.1 Å². The fraction of sp³-hybridized carbons (Fsp3) is 0.0667. The standard InChI is InChI=1S/C15H11FN2O2/c16-12-8-6-11(7-9-12)14-17-15(20-18-14)13(19)10-4-2-1-3-5-10/h1-9,13,19H. The van der Waals surface area contributed by atoms with E-state index in [1.165, 1.54) is 12.1 Å². The van der Waals surface area contributed by atoms with Crippen molar-refractivity contribution in [3.8, 4) is 11.4 Å². The minimum Gasteiger partial charge on any atom is -0.378 e. The lowest BCUT2D eigenvalue weighted by Gasteiger charge is -2.04. The first-order chi connectivity index (χ1) is 9.74. The summed E-state index contributed by atoms with van der Waals surface area (Å²) in [5, 5.41) is 13.9. The van der Waals surface area contributed by atoms with E-state index in [1.807, 2.05) is 18.2 Å². The van der Waals surface area contributed by atoms with Gasteiger partial charge in [0.1, 0.15) is 5.82 Å². The van der Waals surface area contributed by atoms with Crippen LogP contribution >= 0.6 is 0 Å². The number of hydrogen-bond donors (Lipinski definition) is 1. The molecule has 1 atom stereocenters. The van der Waals surface area contributed by atoms with E-state index in [4.69, 9.17) is 4.52 Å². The van der Waals surface area contributed by atoms with Gasteiger partial charge in [-0.1, -0.05) is 35.5 Å². The van der Waals surface area contributed by atoms with Crippen molar-refractivity contribution in [3.63, 3.8) is 0 Å². The predicted molar refractivity (Wildman–Crippen MR) is 70.2 cm³/mol. The number of aromatic nitrogens is 2. The maximum Gasteiger partial charge on any atom is 0.260 e. The first-order valence-electron chi connectivity index (χ1n) is 6.06. The molecular formula is C15H11FN2O2. The summed E-state index contributed by atoms with van der Waals surface area (Å²) in [6.07, 6.45) is -0.974. The van der Waals surface area contributed by atoms with Crippen molar-refractivity contribution in [2.75, 3.05) is 0 Å². The minimum atomic E-state index is -0.974. The average Bonchev–Trinajstić information content (AvgIpc) is 2.98. The molecule has 1 unspecified atom stereocenters. The minimum absolute atomic E-state index is 0.107. The Morgan fingerprint density at radius 1 is 1.00 bits per heavy atom. The summed E-state index contributed by atoms with van der Waals surface area (Å²) in [5.74, 6) is 0.0901. The van der Waals surface area contributed by atoms with Crippen LogP contribution in [-0.4, -0.2) is 15.2 Å². The molecule has 0 spiro atoms. The molecule has 0 bridgehead atoms. The summed E-state index contributed by atoms with van der Waals surface area (Å²) >= 11 is 0. The van der Waals surface area contributed by atoms with E-state index >= 15 is 0 Å². The van der Waals surface area contributed by atoms with Crippen molar-refractivity contribution in [1.82, 2.24) is 10.1 Å². The average molecular weight is 270 g/mol. The van der Waals surface area contributed by atoms with Crippen LogP contribution in [0.15, 0.2) is 59.1 Å². The molecule has 0 radical (unpaired) electrons. The Bertz CT molecular complexity index is 695. The first kappa shape index (κ1) is 12.5. The molecule has 3 aromatic rings. The maximum absolute atomic E-state index is 12.9. The molecule has 0 aliphatic heterocycles. The Morgan fingerprint density at radius 2 is 1.70 bits per heavy atom. The lowest BCUT2D eigenvalue weighted by molar-refractivity contribution is 0.170. The molecule has 100 valence electrons. The van der Waals surface area contributed by atoms with Gasteiger partial charge in [-0.25, -0.2) is 4.39 Å². The van der Waals surface area contributed by atoms with E-state index in [0.29, 0.717) is 17.0 Å². The zero-order valence-electron chi connectivity index (χ0n) is 10.4. The smallest absolute Gasteiger partial charge is 0.260 e. The van der Waals surface area contributed by atoms with Crippen LogP contribution in [0.1, 0.15) is 17.6 Å². The van der Waals surface area contributed by atoms with E-state index in [0.717, 1.165) is 0 Å². The third kappa shape index (κ3) is 2.44. The van der Waals surface area contributed by atoms with Gasteiger partial charge in [0.05, 0.1) is 0 Å². The van der Waals surface area contributed by atoms with Crippen molar-refractivity contribution in [3.05, 3.63) is 71.9 Å². The molecule has 0 aliphatic carbocycles. The number of aliphatic hydroxyl groups is 1. The zero-order valence-corrected chi connectivity index (χ0v) is 10.4. The molecule has 0 fully saturated rings. The normalized spacial score (nSPS) is 12.3. The Balaban J connectivity index is 1.89. The van der Waals surface area contributed by atoms with Crippen LogP contribution in [0.2, 0.25) is 0 Å². The molecule has 20 heavy (non-hydrogen) atoms. The van der Waals surface area contributed by atoms with Crippen molar-refractivity contribution in [2.45, 2.75) is 6.10 Å². The number of hydrogen-bond acceptors (Lipinski definition) is 4. The van der Waals surface area contributed by atoms with Crippen LogP contribution in [0.3, 0.4) is 0 Å². The summed E-state index contributed by atoms with van der Waals surface area (Å²) in [7, 11) is 0. The topological polar surface area (TPSA) is 59.2 Å². The Kier molecular flexibility index (Phi) is 3.26. The molecule has 0 saturated carbocycles. The molecule has 1 N–H and O–H groups in total. The van der Waals surface area contributed by atoms with Gasteiger partial charge in [-0.05, 0) is 29.8 Å². The fourth-order valence-corrected chi connectivity index (χ4v) is 1.84. The maximum atomic E-state index is 12.9. The second-order valence-electron chi connectivity index (χ2n) is 4.28. The molecular weight excluding hydrogens is 259 g/mol. The van der Waals surface area contributed by atoms with Crippen LogP contribution in [0.4, 0.5) is 4.39 Å². The van der Waals surface area contributed by atoms with Gasteiger partial charge in [0.2, 0.25) is 5.82 Å². The van der Waals surface area contributed by atoms with Gasteiger partial charge in [0.15, 0.2) is 6.10 Å². The van der Waals surface area contributed by atoms with Crippen molar-refractivity contribution in [2.24, 2.45) is 0 Å². The van der Waals surface area contributed by atoms with Crippen molar-refractivity contribution in [1.29, 1.82) is 0 Å². The van der Waals surface area contributed by atoms with E-state index < -0.39 is 6.10 Å². The van der Waals surface area contributed by atoms with Crippen LogP contribution in [0.25, 0.3) is 11.4 Å². The number of rotatable bonds is 3. The number of halogens is 1. The summed E-state index contributed by atoms with van der Waals surface area (Å²) in [6.45, 7) is 0.